The third-order valence-electron chi connectivity index (χ3n) is 5.72. The average molecular weight is 440 g/mol. The highest BCUT2D eigenvalue weighted by Crippen LogP contribution is 2.21. The van der Waals surface area contributed by atoms with Crippen LogP contribution < -0.4 is 10.6 Å². The van der Waals surface area contributed by atoms with Gasteiger partial charge in [-0.25, -0.2) is 4.98 Å². The van der Waals surface area contributed by atoms with Gasteiger partial charge in [0.05, 0.1) is 6.20 Å². The second-order valence-corrected chi connectivity index (χ2v) is 8.39. The first-order valence-electron chi connectivity index (χ1n) is 11.1. The Labute approximate surface area is 194 Å². The molecule has 1 amide bonds. The molecule has 0 fully saturated rings. The average Bonchev–Trinajstić information content (AvgIpc) is 3.27. The molecule has 6 heteroatoms. The van der Waals surface area contributed by atoms with Crippen LogP contribution in [-0.4, -0.2) is 27.2 Å². The van der Waals surface area contributed by atoms with Gasteiger partial charge >= 0.3 is 0 Å². The van der Waals surface area contributed by atoms with Crippen LogP contribution in [0, 0.1) is 6.92 Å². The van der Waals surface area contributed by atoms with Crippen molar-refractivity contribution in [1.82, 2.24) is 20.1 Å². The van der Waals surface area contributed by atoms with Crippen molar-refractivity contribution >= 4 is 11.7 Å². The van der Waals surface area contributed by atoms with E-state index in [-0.39, 0.29) is 11.8 Å². The van der Waals surface area contributed by atoms with E-state index < -0.39 is 6.04 Å². The molecule has 2 N–H and O–H groups in total. The Hall–Kier alpha value is -3.77. The molecule has 0 bridgehead atoms. The number of nitrogens with zero attached hydrogens (tertiary/aromatic N) is 3. The van der Waals surface area contributed by atoms with E-state index in [1.165, 1.54) is 11.1 Å². The van der Waals surface area contributed by atoms with E-state index in [0.717, 1.165) is 16.7 Å². The van der Waals surface area contributed by atoms with Crippen molar-refractivity contribution in [2.24, 2.45) is 7.05 Å². The van der Waals surface area contributed by atoms with Crippen LogP contribution in [0.3, 0.4) is 0 Å². The zero-order valence-electron chi connectivity index (χ0n) is 19.2. The summed E-state index contributed by atoms with van der Waals surface area (Å²) in [6.45, 7) is 4.92. The topological polar surface area (TPSA) is 71.8 Å². The summed E-state index contributed by atoms with van der Waals surface area (Å²) in [5.41, 5.74) is 5.33. The smallest absolute Gasteiger partial charge is 0.247 e. The molecule has 0 aliphatic carbocycles. The first-order chi connectivity index (χ1) is 16.0. The summed E-state index contributed by atoms with van der Waals surface area (Å²) in [4.78, 5) is 17.7. The molecule has 2 atom stereocenters. The molecular weight excluding hydrogens is 410 g/mol. The van der Waals surface area contributed by atoms with E-state index in [1.807, 2.05) is 55.7 Å². The maximum atomic E-state index is 13.2. The first kappa shape index (κ1) is 22.4. The quantitative estimate of drug-likeness (QED) is 0.411. The van der Waals surface area contributed by atoms with Crippen molar-refractivity contribution in [2.75, 3.05) is 11.9 Å². The van der Waals surface area contributed by atoms with Crippen LogP contribution in [0.25, 0.3) is 11.1 Å². The van der Waals surface area contributed by atoms with Gasteiger partial charge in [0.25, 0.3) is 0 Å². The van der Waals surface area contributed by atoms with Crippen LogP contribution in [0.15, 0.2) is 85.3 Å². The lowest BCUT2D eigenvalue weighted by Gasteiger charge is -2.21. The van der Waals surface area contributed by atoms with Crippen molar-refractivity contribution in [2.45, 2.75) is 25.8 Å². The van der Waals surface area contributed by atoms with E-state index in [0.29, 0.717) is 12.4 Å². The monoisotopic (exact) mass is 439 g/mol. The lowest BCUT2D eigenvalue weighted by atomic mass is 9.98. The second-order valence-electron chi connectivity index (χ2n) is 8.39. The number of aryl methyl sites for hydroxylation is 2. The molecule has 2 aromatic heterocycles. The number of pyridine rings is 1. The van der Waals surface area contributed by atoms with Gasteiger partial charge in [0.1, 0.15) is 11.9 Å². The summed E-state index contributed by atoms with van der Waals surface area (Å²) in [7, 11) is 1.88. The van der Waals surface area contributed by atoms with Crippen LogP contribution in [0.2, 0.25) is 0 Å². The van der Waals surface area contributed by atoms with Crippen molar-refractivity contribution < 1.29 is 4.79 Å². The van der Waals surface area contributed by atoms with Crippen molar-refractivity contribution in [3.8, 4) is 11.1 Å². The molecule has 0 spiro atoms. The summed E-state index contributed by atoms with van der Waals surface area (Å²) >= 11 is 0. The molecule has 0 saturated heterocycles. The number of benzene rings is 2. The number of rotatable bonds is 8. The number of hydrogen-bond acceptors (Lipinski definition) is 4. The van der Waals surface area contributed by atoms with Gasteiger partial charge in [-0.1, -0.05) is 67.1 Å². The Morgan fingerprint density at radius 3 is 2.33 bits per heavy atom. The summed E-state index contributed by atoms with van der Waals surface area (Å²) < 4.78 is 1.75. The summed E-state index contributed by atoms with van der Waals surface area (Å²) in [5.74, 6) is 0.641. The number of carbonyl (C=O) groups is 1. The van der Waals surface area contributed by atoms with Gasteiger partial charge in [0.15, 0.2) is 0 Å². The SMILES string of the molecule is Cc1ccc([C@@H](C)CN[C@H](C(=O)Nc2ccc(-c3cnn(C)c3)cn2)c2ccccc2)cc1. The minimum Gasteiger partial charge on any atom is -0.309 e. The van der Waals surface area contributed by atoms with Crippen LogP contribution in [0.1, 0.15) is 35.6 Å². The van der Waals surface area contributed by atoms with Crippen molar-refractivity contribution in [3.63, 3.8) is 0 Å². The van der Waals surface area contributed by atoms with E-state index in [9.17, 15) is 4.79 Å². The Kier molecular flexibility index (Phi) is 6.95. The van der Waals surface area contributed by atoms with Gasteiger partial charge in [-0.3, -0.25) is 9.48 Å². The van der Waals surface area contributed by atoms with Crippen molar-refractivity contribution in [1.29, 1.82) is 0 Å². The molecule has 4 rings (SSSR count). The highest BCUT2D eigenvalue weighted by atomic mass is 16.2. The lowest BCUT2D eigenvalue weighted by molar-refractivity contribution is -0.118. The Morgan fingerprint density at radius 2 is 1.70 bits per heavy atom. The number of anilines is 1. The molecule has 6 nitrogen and oxygen atoms in total. The summed E-state index contributed by atoms with van der Waals surface area (Å²) in [6.07, 6.45) is 5.47. The predicted molar refractivity (Wildman–Crippen MR) is 132 cm³/mol. The number of amides is 1. The van der Waals surface area contributed by atoms with Crippen LogP contribution in [0.5, 0.6) is 0 Å². The first-order valence-corrected chi connectivity index (χ1v) is 11.1. The predicted octanol–water partition coefficient (Wildman–Crippen LogP) is 4.86. The van der Waals surface area contributed by atoms with Gasteiger partial charge in [0.2, 0.25) is 5.91 Å². The summed E-state index contributed by atoms with van der Waals surface area (Å²) in [5, 5.41) is 10.6. The van der Waals surface area contributed by atoms with E-state index in [4.69, 9.17) is 0 Å². The normalized spacial score (nSPS) is 12.8. The second kappa shape index (κ2) is 10.2. The molecule has 0 unspecified atom stereocenters. The maximum absolute atomic E-state index is 13.2. The van der Waals surface area contributed by atoms with Crippen LogP contribution in [0.4, 0.5) is 5.82 Å². The molecule has 33 heavy (non-hydrogen) atoms. The molecule has 2 heterocycles. The zero-order valence-corrected chi connectivity index (χ0v) is 19.2. The number of hydrogen-bond donors (Lipinski definition) is 2. The standard InChI is InChI=1S/C27H29N5O/c1-19-9-11-21(12-10-19)20(2)15-29-26(22-7-5-4-6-8-22)27(33)31-25-14-13-23(16-28-25)24-17-30-32(3)18-24/h4-14,16-18,20,26,29H,15H2,1-3H3,(H,28,31,33)/t20-,26-/m0/s1. The molecule has 0 radical (unpaired) electrons. The third kappa shape index (κ3) is 5.73. The van der Waals surface area contributed by atoms with Crippen molar-refractivity contribution in [3.05, 3.63) is 102 Å². The number of carbonyl (C=O) groups excluding carboxylic acids is 1. The minimum absolute atomic E-state index is 0.140. The van der Waals surface area contributed by atoms with Gasteiger partial charge < -0.3 is 10.6 Å². The zero-order chi connectivity index (χ0) is 23.2. The van der Waals surface area contributed by atoms with Gasteiger partial charge in [-0.15, -0.1) is 0 Å². The molecular formula is C27H29N5O. The maximum Gasteiger partial charge on any atom is 0.247 e. The van der Waals surface area contributed by atoms with E-state index in [1.54, 1.807) is 17.1 Å². The molecule has 0 aliphatic rings. The largest absolute Gasteiger partial charge is 0.309 e. The third-order valence-corrected chi connectivity index (χ3v) is 5.72. The number of nitrogens with one attached hydrogen (secondary N) is 2. The molecule has 2 aromatic carbocycles. The van der Waals surface area contributed by atoms with Gasteiger partial charge in [-0.2, -0.15) is 5.10 Å². The van der Waals surface area contributed by atoms with Gasteiger partial charge in [0, 0.05) is 37.1 Å². The highest BCUT2D eigenvalue weighted by molar-refractivity contribution is 5.95. The fourth-order valence-corrected chi connectivity index (χ4v) is 3.72. The molecule has 168 valence electrons. The van der Waals surface area contributed by atoms with Crippen LogP contribution in [-0.2, 0) is 11.8 Å². The molecule has 4 aromatic rings. The Balaban J connectivity index is 1.46. The molecule has 0 aliphatic heterocycles. The Bertz CT molecular complexity index is 1180. The van der Waals surface area contributed by atoms with Gasteiger partial charge in [-0.05, 0) is 36.1 Å². The fraction of sp³-hybridized carbons (Fsp3) is 0.222. The van der Waals surface area contributed by atoms with Crippen LogP contribution >= 0.6 is 0 Å². The summed E-state index contributed by atoms with van der Waals surface area (Å²) in [6, 6.07) is 21.6. The fourth-order valence-electron chi connectivity index (χ4n) is 3.72. The number of aromatic nitrogens is 3. The minimum atomic E-state index is -0.487. The van der Waals surface area contributed by atoms with E-state index >= 15 is 0 Å². The lowest BCUT2D eigenvalue weighted by Crippen LogP contribution is -2.35. The highest BCUT2D eigenvalue weighted by Gasteiger charge is 2.21. The Morgan fingerprint density at radius 1 is 0.939 bits per heavy atom. The van der Waals surface area contributed by atoms with E-state index in [2.05, 4.69) is 58.8 Å². The molecule has 0 saturated carbocycles.